The average molecular weight is 174 g/mol. The molecule has 0 aromatic heterocycles. The van der Waals surface area contributed by atoms with Gasteiger partial charge in [-0.25, -0.2) is 4.99 Å². The minimum absolute atomic E-state index is 0. The van der Waals surface area contributed by atoms with E-state index in [1.54, 1.807) is 12.1 Å². The summed E-state index contributed by atoms with van der Waals surface area (Å²) in [5.41, 5.74) is 1.12. The highest BCUT2D eigenvalue weighted by atomic mass is 16.5. The molecule has 0 atom stereocenters. The highest BCUT2D eigenvalue weighted by Gasteiger charge is 2.09. The first kappa shape index (κ1) is 7.73. The van der Waals surface area contributed by atoms with Gasteiger partial charge in [0, 0.05) is 5.56 Å². The molecule has 0 unspecified atom stereocenters. The first-order valence-electron chi connectivity index (χ1n) is 3.86. The third-order valence-corrected chi connectivity index (χ3v) is 1.74. The lowest BCUT2D eigenvalue weighted by Gasteiger charge is -2.03. The Morgan fingerprint density at radius 2 is 2.23 bits per heavy atom. The zero-order chi connectivity index (χ0) is 9.10. The molecular formula is C10H8NO2+. The number of carbonyl (C=O) groups is 1. The minimum atomic E-state index is 0. The number of nitrogens with zero attached hydrogens (tertiary/aromatic N) is 1. The third kappa shape index (κ3) is 1.36. The van der Waals surface area contributed by atoms with E-state index in [1.807, 2.05) is 12.1 Å². The molecule has 1 aliphatic rings. The Morgan fingerprint density at radius 1 is 1.38 bits per heavy atom. The molecule has 0 saturated carbocycles. The molecule has 64 valence electrons. The molecule has 1 aromatic carbocycles. The summed E-state index contributed by atoms with van der Waals surface area (Å²) < 4.78 is 5.23. The van der Waals surface area contributed by atoms with Gasteiger partial charge in [-0.05, 0) is 12.1 Å². The van der Waals surface area contributed by atoms with Gasteiger partial charge in [0.1, 0.15) is 17.7 Å². The Morgan fingerprint density at radius 3 is 3.08 bits per heavy atom. The summed E-state index contributed by atoms with van der Waals surface area (Å²) in [5, 5.41) is 0. The second-order valence-electron chi connectivity index (χ2n) is 2.53. The molecule has 3 nitrogen and oxygen atoms in total. The summed E-state index contributed by atoms with van der Waals surface area (Å²) in [6, 6.07) is 7.28. The van der Waals surface area contributed by atoms with Crippen LogP contribution in [0.25, 0.3) is 0 Å². The van der Waals surface area contributed by atoms with Crippen LogP contribution in [-0.4, -0.2) is 12.0 Å². The smallest absolute Gasteiger partial charge is 0.463 e. The Labute approximate surface area is 76.9 Å². The molecule has 0 amide bonds. The van der Waals surface area contributed by atoms with Crippen molar-refractivity contribution >= 4 is 12.0 Å². The fourth-order valence-corrected chi connectivity index (χ4v) is 1.16. The SMILES string of the molecule is O=CC1=NC=COc2ccccc21.[H+]. The normalized spacial score (nSPS) is 13.7. The maximum atomic E-state index is 10.7. The van der Waals surface area contributed by atoms with Gasteiger partial charge < -0.3 is 4.74 Å². The van der Waals surface area contributed by atoms with Gasteiger partial charge in [-0.15, -0.1) is 0 Å². The molecule has 1 aromatic rings. The molecule has 3 heteroatoms. The fraction of sp³-hybridized carbons (Fsp3) is 0. The van der Waals surface area contributed by atoms with Crippen molar-refractivity contribution in [2.45, 2.75) is 0 Å². The lowest BCUT2D eigenvalue weighted by molar-refractivity contribution is -0.102. The van der Waals surface area contributed by atoms with E-state index in [4.69, 9.17) is 4.74 Å². The Bertz CT molecular complexity index is 399. The van der Waals surface area contributed by atoms with Crippen molar-refractivity contribution in [3.05, 3.63) is 42.3 Å². The van der Waals surface area contributed by atoms with E-state index < -0.39 is 0 Å². The molecule has 0 saturated heterocycles. The standard InChI is InChI=1S/C10H7NO2/c12-7-9-8-3-1-2-4-10(8)13-6-5-11-9/h1-7H/p+1. The number of aldehydes is 1. The van der Waals surface area contributed by atoms with Crippen LogP contribution in [0.5, 0.6) is 5.75 Å². The van der Waals surface area contributed by atoms with Gasteiger partial charge in [-0.3, -0.25) is 4.79 Å². The lowest BCUT2D eigenvalue weighted by Crippen LogP contribution is -2.01. The van der Waals surface area contributed by atoms with Crippen molar-refractivity contribution in [2.75, 3.05) is 0 Å². The number of hydrogen-bond donors (Lipinski definition) is 0. The predicted octanol–water partition coefficient (Wildman–Crippen LogP) is 1.65. The molecule has 0 spiro atoms. The van der Waals surface area contributed by atoms with Crippen molar-refractivity contribution in [1.29, 1.82) is 0 Å². The summed E-state index contributed by atoms with van der Waals surface area (Å²) in [6.45, 7) is 0. The van der Waals surface area contributed by atoms with Crippen LogP contribution in [0.4, 0.5) is 0 Å². The number of fused-ring (bicyclic) bond motifs is 1. The maximum absolute atomic E-state index is 10.7. The molecule has 0 bridgehead atoms. The molecule has 2 rings (SSSR count). The summed E-state index contributed by atoms with van der Waals surface area (Å²) in [7, 11) is 0. The largest absolute Gasteiger partial charge is 1.00 e. The maximum Gasteiger partial charge on any atom is 1.00 e. The van der Waals surface area contributed by atoms with Gasteiger partial charge in [0.2, 0.25) is 0 Å². The minimum Gasteiger partial charge on any atom is -0.463 e. The Balaban J connectivity index is 0.000000980. The van der Waals surface area contributed by atoms with Crippen molar-refractivity contribution in [3.8, 4) is 5.75 Å². The molecule has 0 N–H and O–H groups in total. The van der Waals surface area contributed by atoms with E-state index >= 15 is 0 Å². The van der Waals surface area contributed by atoms with Crippen molar-refractivity contribution in [1.82, 2.24) is 0 Å². The van der Waals surface area contributed by atoms with E-state index in [-0.39, 0.29) is 1.43 Å². The van der Waals surface area contributed by atoms with Gasteiger partial charge in [0.05, 0.1) is 6.20 Å². The monoisotopic (exact) mass is 174 g/mol. The molecule has 1 heterocycles. The van der Waals surface area contributed by atoms with Crippen molar-refractivity contribution in [3.63, 3.8) is 0 Å². The summed E-state index contributed by atoms with van der Waals surface area (Å²) in [4.78, 5) is 14.6. The van der Waals surface area contributed by atoms with Crippen molar-refractivity contribution in [2.24, 2.45) is 4.99 Å². The zero-order valence-electron chi connectivity index (χ0n) is 7.81. The van der Waals surface area contributed by atoms with Crippen LogP contribution in [0.2, 0.25) is 0 Å². The zero-order valence-corrected chi connectivity index (χ0v) is 6.81. The second-order valence-corrected chi connectivity index (χ2v) is 2.53. The topological polar surface area (TPSA) is 38.7 Å². The average Bonchev–Trinajstić information content (AvgIpc) is 2.39. The van der Waals surface area contributed by atoms with Crippen LogP contribution in [0.15, 0.2) is 41.7 Å². The van der Waals surface area contributed by atoms with E-state index in [0.717, 1.165) is 11.8 Å². The predicted molar refractivity (Wildman–Crippen MR) is 49.9 cm³/mol. The van der Waals surface area contributed by atoms with Gasteiger partial charge in [-0.2, -0.15) is 0 Å². The number of ether oxygens (including phenoxy) is 1. The summed E-state index contributed by atoms with van der Waals surface area (Å²) in [6.07, 6.45) is 3.64. The Kier molecular flexibility index (Phi) is 1.92. The molecule has 0 fully saturated rings. The first-order chi connectivity index (χ1) is 6.42. The van der Waals surface area contributed by atoms with Gasteiger partial charge in [-0.1, -0.05) is 12.1 Å². The van der Waals surface area contributed by atoms with Crippen LogP contribution in [-0.2, 0) is 4.79 Å². The molecular weight excluding hydrogens is 166 g/mol. The van der Waals surface area contributed by atoms with E-state index in [1.165, 1.54) is 12.5 Å². The molecule has 1 aliphatic heterocycles. The van der Waals surface area contributed by atoms with Crippen LogP contribution in [0.1, 0.15) is 6.99 Å². The lowest BCUT2D eigenvalue weighted by atomic mass is 10.1. The van der Waals surface area contributed by atoms with Crippen LogP contribution < -0.4 is 4.74 Å². The third-order valence-electron chi connectivity index (χ3n) is 1.74. The highest BCUT2D eigenvalue weighted by molar-refractivity contribution is 6.37. The second kappa shape index (κ2) is 3.23. The van der Waals surface area contributed by atoms with E-state index in [2.05, 4.69) is 4.99 Å². The number of para-hydroxylation sites is 1. The number of hydrogen-bond acceptors (Lipinski definition) is 3. The molecule has 0 aliphatic carbocycles. The molecule has 0 radical (unpaired) electrons. The number of carbonyl (C=O) groups excluding carboxylic acids is 1. The highest BCUT2D eigenvalue weighted by Crippen LogP contribution is 2.20. The van der Waals surface area contributed by atoms with Gasteiger partial charge in [0.25, 0.3) is 0 Å². The first-order valence-corrected chi connectivity index (χ1v) is 3.86. The molecule has 13 heavy (non-hydrogen) atoms. The van der Waals surface area contributed by atoms with Crippen molar-refractivity contribution < 1.29 is 11.0 Å². The fourth-order valence-electron chi connectivity index (χ4n) is 1.16. The number of benzene rings is 1. The summed E-state index contributed by atoms with van der Waals surface area (Å²) >= 11 is 0. The quantitative estimate of drug-likeness (QED) is 0.607. The van der Waals surface area contributed by atoms with Crippen LogP contribution >= 0.6 is 0 Å². The van der Waals surface area contributed by atoms with Gasteiger partial charge >= 0.3 is 1.43 Å². The van der Waals surface area contributed by atoms with Gasteiger partial charge in [0.15, 0.2) is 6.29 Å². The van der Waals surface area contributed by atoms with Crippen LogP contribution in [0, 0.1) is 0 Å². The van der Waals surface area contributed by atoms with E-state index in [9.17, 15) is 4.79 Å². The van der Waals surface area contributed by atoms with E-state index in [0.29, 0.717) is 11.5 Å². The Hall–Kier alpha value is -1.90. The number of aliphatic imine (C=N–C) groups is 1. The summed E-state index contributed by atoms with van der Waals surface area (Å²) in [5.74, 6) is 0.655. The number of rotatable bonds is 1. The van der Waals surface area contributed by atoms with Crippen LogP contribution in [0.3, 0.4) is 0 Å².